The van der Waals surface area contributed by atoms with Crippen LogP contribution in [0.25, 0.3) is 0 Å². The Hall–Kier alpha value is -0.860. The Kier molecular flexibility index (Phi) is 5.36. The summed E-state index contributed by atoms with van der Waals surface area (Å²) in [6.07, 6.45) is 3.09. The monoisotopic (exact) mass is 248 g/mol. The van der Waals surface area contributed by atoms with Crippen molar-refractivity contribution < 1.29 is 0 Å². The topological polar surface area (TPSA) is 29.3 Å². The maximum atomic E-state index is 6.42. The number of likely N-dealkylation sites (N-methyl/N-ethyl adjacent to an activating group) is 1. The molecular formula is C16H28N2. The van der Waals surface area contributed by atoms with Gasteiger partial charge in [0.1, 0.15) is 0 Å². The minimum atomic E-state index is 0.0590. The van der Waals surface area contributed by atoms with Gasteiger partial charge in [0.05, 0.1) is 0 Å². The van der Waals surface area contributed by atoms with E-state index in [0.717, 1.165) is 19.3 Å². The van der Waals surface area contributed by atoms with Gasteiger partial charge in [-0.3, -0.25) is 0 Å². The molecule has 0 saturated heterocycles. The Morgan fingerprint density at radius 1 is 1.11 bits per heavy atom. The molecule has 0 amide bonds. The van der Waals surface area contributed by atoms with E-state index in [1.54, 1.807) is 0 Å². The summed E-state index contributed by atoms with van der Waals surface area (Å²) < 4.78 is 0. The summed E-state index contributed by atoms with van der Waals surface area (Å²) >= 11 is 0. The zero-order valence-electron chi connectivity index (χ0n) is 12.5. The van der Waals surface area contributed by atoms with Crippen LogP contribution in [0.2, 0.25) is 0 Å². The van der Waals surface area contributed by atoms with E-state index in [4.69, 9.17) is 5.73 Å². The lowest BCUT2D eigenvalue weighted by atomic mass is 9.84. The maximum Gasteiger partial charge on any atom is 0.0326 e. The van der Waals surface area contributed by atoms with Crippen molar-refractivity contribution in [3.05, 3.63) is 35.4 Å². The minimum Gasteiger partial charge on any atom is -0.326 e. The minimum absolute atomic E-state index is 0.0590. The molecule has 1 aromatic rings. The van der Waals surface area contributed by atoms with E-state index < -0.39 is 0 Å². The second-order valence-electron chi connectivity index (χ2n) is 5.59. The lowest BCUT2D eigenvalue weighted by molar-refractivity contribution is 0.131. The highest BCUT2D eigenvalue weighted by Gasteiger charge is 2.31. The lowest BCUT2D eigenvalue weighted by Crippen LogP contribution is -2.55. The molecule has 1 aromatic carbocycles. The van der Waals surface area contributed by atoms with Gasteiger partial charge in [0.2, 0.25) is 0 Å². The predicted molar refractivity (Wildman–Crippen MR) is 79.9 cm³/mol. The highest BCUT2D eigenvalue weighted by Crippen LogP contribution is 2.22. The fraction of sp³-hybridized carbons (Fsp3) is 0.625. The van der Waals surface area contributed by atoms with E-state index in [2.05, 4.69) is 64.0 Å². The van der Waals surface area contributed by atoms with E-state index in [9.17, 15) is 0 Å². The Bertz CT molecular complexity index is 356. The van der Waals surface area contributed by atoms with Gasteiger partial charge in [-0.2, -0.15) is 0 Å². The quantitative estimate of drug-likeness (QED) is 0.839. The Morgan fingerprint density at radius 2 is 1.61 bits per heavy atom. The number of hydrogen-bond acceptors (Lipinski definition) is 2. The van der Waals surface area contributed by atoms with Crippen molar-refractivity contribution in [2.75, 3.05) is 14.1 Å². The average Bonchev–Trinajstić information content (AvgIpc) is 2.38. The average molecular weight is 248 g/mol. The molecule has 0 aromatic heterocycles. The van der Waals surface area contributed by atoms with Crippen LogP contribution in [0.4, 0.5) is 0 Å². The largest absolute Gasteiger partial charge is 0.326 e. The molecule has 2 nitrogen and oxygen atoms in total. The van der Waals surface area contributed by atoms with Gasteiger partial charge >= 0.3 is 0 Å². The number of nitrogens with two attached hydrogens (primary N) is 1. The van der Waals surface area contributed by atoms with E-state index in [1.807, 2.05) is 0 Å². The fourth-order valence-electron chi connectivity index (χ4n) is 2.29. The third-order valence-corrected chi connectivity index (χ3v) is 4.42. The first kappa shape index (κ1) is 15.2. The summed E-state index contributed by atoms with van der Waals surface area (Å²) in [5, 5.41) is 0. The first-order valence-corrected chi connectivity index (χ1v) is 6.94. The molecule has 0 aliphatic heterocycles. The molecule has 1 rings (SSSR count). The zero-order chi connectivity index (χ0) is 13.8. The Labute approximate surface area is 112 Å². The van der Waals surface area contributed by atoms with Gasteiger partial charge in [0.25, 0.3) is 0 Å². The van der Waals surface area contributed by atoms with Crippen LogP contribution < -0.4 is 5.73 Å². The molecule has 0 heterocycles. The van der Waals surface area contributed by atoms with Crippen molar-refractivity contribution in [1.82, 2.24) is 4.90 Å². The highest BCUT2D eigenvalue weighted by molar-refractivity contribution is 5.23. The van der Waals surface area contributed by atoms with Gasteiger partial charge in [-0.1, -0.05) is 38.1 Å². The second kappa shape index (κ2) is 6.35. The molecule has 0 spiro atoms. The Balaban J connectivity index is 2.76. The van der Waals surface area contributed by atoms with Crippen molar-refractivity contribution in [2.45, 2.75) is 51.6 Å². The number of benzene rings is 1. The normalized spacial score (nSPS) is 16.6. The zero-order valence-corrected chi connectivity index (χ0v) is 12.5. The van der Waals surface area contributed by atoms with Crippen LogP contribution in [0.5, 0.6) is 0 Å². The highest BCUT2D eigenvalue weighted by atomic mass is 15.2. The SMILES string of the molecule is CCc1ccc(CC(N)C(C)(CC)N(C)C)cc1. The molecule has 102 valence electrons. The summed E-state index contributed by atoms with van der Waals surface area (Å²) in [5.41, 5.74) is 9.21. The van der Waals surface area contributed by atoms with Crippen molar-refractivity contribution in [2.24, 2.45) is 5.73 Å². The van der Waals surface area contributed by atoms with Gasteiger partial charge < -0.3 is 10.6 Å². The van der Waals surface area contributed by atoms with Crippen LogP contribution in [0.15, 0.2) is 24.3 Å². The van der Waals surface area contributed by atoms with E-state index in [0.29, 0.717) is 0 Å². The molecule has 0 radical (unpaired) electrons. The van der Waals surface area contributed by atoms with Crippen LogP contribution in [-0.2, 0) is 12.8 Å². The maximum absolute atomic E-state index is 6.42. The molecule has 2 N–H and O–H groups in total. The third kappa shape index (κ3) is 3.33. The van der Waals surface area contributed by atoms with E-state index in [-0.39, 0.29) is 11.6 Å². The summed E-state index contributed by atoms with van der Waals surface area (Å²) in [4.78, 5) is 2.25. The molecule has 18 heavy (non-hydrogen) atoms. The first-order chi connectivity index (χ1) is 8.43. The van der Waals surface area contributed by atoms with Gasteiger partial charge in [0.15, 0.2) is 0 Å². The summed E-state index contributed by atoms with van der Waals surface area (Å²) in [6.45, 7) is 6.64. The molecule has 2 unspecified atom stereocenters. The Morgan fingerprint density at radius 3 is 2.00 bits per heavy atom. The van der Waals surface area contributed by atoms with Crippen LogP contribution in [0.3, 0.4) is 0 Å². The van der Waals surface area contributed by atoms with E-state index >= 15 is 0 Å². The van der Waals surface area contributed by atoms with Gasteiger partial charge in [0, 0.05) is 11.6 Å². The van der Waals surface area contributed by atoms with Crippen molar-refractivity contribution >= 4 is 0 Å². The summed E-state index contributed by atoms with van der Waals surface area (Å²) in [6, 6.07) is 9.00. The molecule has 2 heteroatoms. The molecular weight excluding hydrogens is 220 g/mol. The van der Waals surface area contributed by atoms with Crippen molar-refractivity contribution in [1.29, 1.82) is 0 Å². The molecule has 0 aliphatic rings. The third-order valence-electron chi connectivity index (χ3n) is 4.42. The molecule has 0 saturated carbocycles. The lowest BCUT2D eigenvalue weighted by Gasteiger charge is -2.41. The standard InChI is InChI=1S/C16H28N2/c1-6-13-8-10-14(11-9-13)12-15(17)16(3,7-2)18(4)5/h8-11,15H,6-7,12,17H2,1-5H3. The van der Waals surface area contributed by atoms with Gasteiger partial charge in [-0.25, -0.2) is 0 Å². The molecule has 0 fully saturated rings. The number of aryl methyl sites for hydroxylation is 1. The molecule has 2 atom stereocenters. The van der Waals surface area contributed by atoms with Crippen LogP contribution in [0.1, 0.15) is 38.3 Å². The van der Waals surface area contributed by atoms with Crippen LogP contribution >= 0.6 is 0 Å². The van der Waals surface area contributed by atoms with Crippen LogP contribution in [0, 0.1) is 0 Å². The second-order valence-corrected chi connectivity index (χ2v) is 5.59. The summed E-state index contributed by atoms with van der Waals surface area (Å²) in [7, 11) is 4.23. The first-order valence-electron chi connectivity index (χ1n) is 6.94. The fourth-order valence-corrected chi connectivity index (χ4v) is 2.29. The van der Waals surface area contributed by atoms with Gasteiger partial charge in [-0.15, -0.1) is 0 Å². The predicted octanol–water partition coefficient (Wildman–Crippen LogP) is 2.85. The summed E-state index contributed by atoms with van der Waals surface area (Å²) in [5.74, 6) is 0. The van der Waals surface area contributed by atoms with Crippen LogP contribution in [-0.4, -0.2) is 30.6 Å². The van der Waals surface area contributed by atoms with Crippen molar-refractivity contribution in [3.63, 3.8) is 0 Å². The van der Waals surface area contributed by atoms with Crippen molar-refractivity contribution in [3.8, 4) is 0 Å². The van der Waals surface area contributed by atoms with Gasteiger partial charge in [-0.05, 0) is 51.4 Å². The molecule has 0 aliphatic carbocycles. The van der Waals surface area contributed by atoms with E-state index in [1.165, 1.54) is 11.1 Å². The molecule has 0 bridgehead atoms. The number of rotatable bonds is 6. The smallest absolute Gasteiger partial charge is 0.0326 e. The number of nitrogens with zero attached hydrogens (tertiary/aromatic N) is 1. The number of hydrogen-bond donors (Lipinski definition) is 1.